The zero-order valence-corrected chi connectivity index (χ0v) is 9.07. The third kappa shape index (κ3) is 1.21. The Morgan fingerprint density at radius 3 is 2.80 bits per heavy atom. The lowest BCUT2D eigenvalue weighted by molar-refractivity contribution is 0.533. The van der Waals surface area contributed by atoms with Crippen LogP contribution in [-0.4, -0.2) is 9.78 Å². The van der Waals surface area contributed by atoms with E-state index in [2.05, 4.69) is 54.1 Å². The van der Waals surface area contributed by atoms with Gasteiger partial charge in [-0.1, -0.05) is 24.3 Å². The fourth-order valence-corrected chi connectivity index (χ4v) is 2.16. The van der Waals surface area contributed by atoms with Gasteiger partial charge in [0.25, 0.3) is 0 Å². The standard InChI is InChI=1S/C13H14N2/c1-9(2)15-8-11-7-10-5-3-4-6-12(10)13(11)14-15/h3-6,8-9H,7H2,1-2H3. The van der Waals surface area contributed by atoms with E-state index in [1.807, 2.05) is 0 Å². The molecule has 1 heterocycles. The summed E-state index contributed by atoms with van der Waals surface area (Å²) < 4.78 is 2.06. The van der Waals surface area contributed by atoms with Crippen LogP contribution in [0.3, 0.4) is 0 Å². The molecule has 0 aliphatic heterocycles. The van der Waals surface area contributed by atoms with Crippen molar-refractivity contribution in [2.75, 3.05) is 0 Å². The molecule has 0 bridgehead atoms. The van der Waals surface area contributed by atoms with Crippen LogP contribution in [-0.2, 0) is 6.42 Å². The highest BCUT2D eigenvalue weighted by Crippen LogP contribution is 2.35. The molecule has 3 rings (SSSR count). The van der Waals surface area contributed by atoms with E-state index in [1.54, 1.807) is 0 Å². The lowest BCUT2D eigenvalue weighted by Crippen LogP contribution is -2.01. The first-order valence-electron chi connectivity index (χ1n) is 5.42. The summed E-state index contributed by atoms with van der Waals surface area (Å²) in [6.45, 7) is 4.32. The van der Waals surface area contributed by atoms with Gasteiger partial charge in [-0.05, 0) is 19.4 Å². The smallest absolute Gasteiger partial charge is 0.0961 e. The molecule has 2 aromatic rings. The normalized spacial score (nSPS) is 13.0. The number of rotatable bonds is 1. The molecule has 1 aromatic carbocycles. The van der Waals surface area contributed by atoms with Crippen LogP contribution in [0, 0.1) is 0 Å². The molecule has 0 unspecified atom stereocenters. The Hall–Kier alpha value is -1.57. The van der Waals surface area contributed by atoms with Gasteiger partial charge in [-0.3, -0.25) is 4.68 Å². The van der Waals surface area contributed by atoms with Crippen molar-refractivity contribution in [2.24, 2.45) is 0 Å². The van der Waals surface area contributed by atoms with Gasteiger partial charge in [0.15, 0.2) is 0 Å². The minimum atomic E-state index is 0.447. The van der Waals surface area contributed by atoms with E-state index < -0.39 is 0 Å². The molecule has 76 valence electrons. The van der Waals surface area contributed by atoms with Gasteiger partial charge in [-0.25, -0.2) is 0 Å². The van der Waals surface area contributed by atoms with Crippen molar-refractivity contribution in [1.29, 1.82) is 0 Å². The largest absolute Gasteiger partial charge is 0.269 e. The quantitative estimate of drug-likeness (QED) is 0.587. The highest BCUT2D eigenvalue weighted by Gasteiger charge is 2.21. The second-order valence-electron chi connectivity index (χ2n) is 4.41. The Labute approximate surface area is 89.5 Å². The summed E-state index contributed by atoms with van der Waals surface area (Å²) in [5.41, 5.74) is 5.27. The fraction of sp³-hybridized carbons (Fsp3) is 0.308. The third-order valence-corrected chi connectivity index (χ3v) is 2.99. The van der Waals surface area contributed by atoms with E-state index in [1.165, 1.54) is 22.4 Å². The van der Waals surface area contributed by atoms with Gasteiger partial charge in [0.05, 0.1) is 5.69 Å². The summed E-state index contributed by atoms with van der Waals surface area (Å²) in [6, 6.07) is 8.99. The fourth-order valence-electron chi connectivity index (χ4n) is 2.16. The summed E-state index contributed by atoms with van der Waals surface area (Å²) in [5, 5.41) is 4.65. The van der Waals surface area contributed by atoms with Crippen LogP contribution >= 0.6 is 0 Å². The van der Waals surface area contributed by atoms with Crippen molar-refractivity contribution in [3.05, 3.63) is 41.6 Å². The zero-order valence-electron chi connectivity index (χ0n) is 9.07. The molecule has 0 saturated carbocycles. The Balaban J connectivity index is 2.15. The zero-order chi connectivity index (χ0) is 10.4. The minimum absolute atomic E-state index is 0.447. The van der Waals surface area contributed by atoms with E-state index in [9.17, 15) is 0 Å². The van der Waals surface area contributed by atoms with E-state index in [0.29, 0.717) is 6.04 Å². The minimum Gasteiger partial charge on any atom is -0.269 e. The first kappa shape index (κ1) is 8.72. The van der Waals surface area contributed by atoms with E-state index in [4.69, 9.17) is 0 Å². The number of benzene rings is 1. The molecule has 1 aliphatic rings. The molecule has 0 atom stereocenters. The summed E-state index contributed by atoms with van der Waals surface area (Å²) in [4.78, 5) is 0. The topological polar surface area (TPSA) is 17.8 Å². The van der Waals surface area contributed by atoms with Crippen LogP contribution in [0.25, 0.3) is 11.3 Å². The van der Waals surface area contributed by atoms with Gasteiger partial charge in [0, 0.05) is 29.8 Å². The van der Waals surface area contributed by atoms with Crippen LogP contribution in [0.2, 0.25) is 0 Å². The van der Waals surface area contributed by atoms with Gasteiger partial charge in [0.2, 0.25) is 0 Å². The molecule has 2 nitrogen and oxygen atoms in total. The van der Waals surface area contributed by atoms with Gasteiger partial charge in [0.1, 0.15) is 0 Å². The Morgan fingerprint density at radius 2 is 2.00 bits per heavy atom. The molecule has 0 saturated heterocycles. The molecule has 0 radical (unpaired) electrons. The van der Waals surface area contributed by atoms with Crippen LogP contribution in [0.15, 0.2) is 30.5 Å². The molecule has 0 spiro atoms. The molecular formula is C13H14N2. The number of fused-ring (bicyclic) bond motifs is 3. The van der Waals surface area contributed by atoms with Gasteiger partial charge in [-0.2, -0.15) is 5.10 Å². The maximum Gasteiger partial charge on any atom is 0.0961 e. The number of hydrogen-bond donors (Lipinski definition) is 0. The van der Waals surface area contributed by atoms with Gasteiger partial charge >= 0.3 is 0 Å². The Kier molecular flexibility index (Phi) is 1.72. The maximum atomic E-state index is 4.65. The van der Waals surface area contributed by atoms with E-state index >= 15 is 0 Å². The van der Waals surface area contributed by atoms with E-state index in [0.717, 1.165) is 6.42 Å². The molecule has 1 aliphatic carbocycles. The van der Waals surface area contributed by atoms with Crippen molar-refractivity contribution in [1.82, 2.24) is 9.78 Å². The Bertz CT molecular complexity index is 509. The number of hydrogen-bond acceptors (Lipinski definition) is 1. The third-order valence-electron chi connectivity index (χ3n) is 2.99. The van der Waals surface area contributed by atoms with Crippen molar-refractivity contribution in [3.8, 4) is 11.3 Å². The average molecular weight is 198 g/mol. The van der Waals surface area contributed by atoms with Crippen molar-refractivity contribution < 1.29 is 0 Å². The monoisotopic (exact) mass is 198 g/mol. The van der Waals surface area contributed by atoms with Crippen molar-refractivity contribution in [3.63, 3.8) is 0 Å². The van der Waals surface area contributed by atoms with Gasteiger partial charge < -0.3 is 0 Å². The molecular weight excluding hydrogens is 184 g/mol. The predicted molar refractivity (Wildman–Crippen MR) is 60.9 cm³/mol. The highest BCUT2D eigenvalue weighted by atomic mass is 15.3. The number of nitrogens with zero attached hydrogens (tertiary/aromatic N) is 2. The SMILES string of the molecule is CC(C)n1cc2c(n1)-c1ccccc1C2. The summed E-state index contributed by atoms with van der Waals surface area (Å²) in [5.74, 6) is 0. The maximum absolute atomic E-state index is 4.65. The summed E-state index contributed by atoms with van der Waals surface area (Å²) >= 11 is 0. The lowest BCUT2D eigenvalue weighted by Gasteiger charge is -2.05. The molecule has 0 N–H and O–H groups in total. The van der Waals surface area contributed by atoms with Crippen LogP contribution < -0.4 is 0 Å². The lowest BCUT2D eigenvalue weighted by atomic mass is 10.1. The summed E-state index contributed by atoms with van der Waals surface area (Å²) in [6.07, 6.45) is 3.22. The van der Waals surface area contributed by atoms with Crippen LogP contribution in [0.1, 0.15) is 31.0 Å². The van der Waals surface area contributed by atoms with Crippen molar-refractivity contribution >= 4 is 0 Å². The molecule has 0 fully saturated rings. The molecule has 2 heteroatoms. The second kappa shape index (κ2) is 2.96. The van der Waals surface area contributed by atoms with E-state index in [-0.39, 0.29) is 0 Å². The number of aromatic nitrogens is 2. The first-order valence-corrected chi connectivity index (χ1v) is 5.42. The van der Waals surface area contributed by atoms with Gasteiger partial charge in [-0.15, -0.1) is 0 Å². The molecule has 0 amide bonds. The molecule has 1 aromatic heterocycles. The van der Waals surface area contributed by atoms with Crippen molar-refractivity contribution in [2.45, 2.75) is 26.3 Å². The van der Waals surface area contributed by atoms with Crippen LogP contribution in [0.5, 0.6) is 0 Å². The summed E-state index contributed by atoms with van der Waals surface area (Å²) in [7, 11) is 0. The predicted octanol–water partition coefficient (Wildman–Crippen LogP) is 3.04. The molecule has 15 heavy (non-hydrogen) atoms. The Morgan fingerprint density at radius 1 is 1.20 bits per heavy atom. The second-order valence-corrected chi connectivity index (χ2v) is 4.41. The average Bonchev–Trinajstić information content (AvgIpc) is 2.73. The van der Waals surface area contributed by atoms with Crippen LogP contribution in [0.4, 0.5) is 0 Å². The highest BCUT2D eigenvalue weighted by molar-refractivity contribution is 5.72. The first-order chi connectivity index (χ1) is 7.25.